The highest BCUT2D eigenvalue weighted by Crippen LogP contribution is 2.21. The van der Waals surface area contributed by atoms with Gasteiger partial charge in [-0.2, -0.15) is 0 Å². The molecule has 108 valence electrons. The van der Waals surface area contributed by atoms with E-state index in [-0.39, 0.29) is 25.0 Å². The van der Waals surface area contributed by atoms with E-state index < -0.39 is 0 Å². The average Bonchev–Trinajstić information content (AvgIpc) is 2.82. The van der Waals surface area contributed by atoms with Crippen molar-refractivity contribution in [1.29, 1.82) is 0 Å². The number of thiocarbonyl (C=S) groups is 1. The average molecular weight is 293 g/mol. The fraction of sp³-hybridized carbons (Fsp3) is 0.467. The van der Waals surface area contributed by atoms with Crippen LogP contribution in [0.4, 0.5) is 4.79 Å². The van der Waals surface area contributed by atoms with E-state index in [0.717, 1.165) is 10.4 Å². The predicted octanol–water partition coefficient (Wildman–Crippen LogP) is 2.80. The Hall–Kier alpha value is -1.46. The van der Waals surface area contributed by atoms with Crippen molar-refractivity contribution in [3.8, 4) is 0 Å². The van der Waals surface area contributed by atoms with Crippen molar-refractivity contribution in [3.63, 3.8) is 0 Å². The molecular formula is C15H19NO3S. The van der Waals surface area contributed by atoms with Crippen LogP contribution in [0.2, 0.25) is 0 Å². The second kappa shape index (κ2) is 6.81. The minimum atomic E-state index is -0.364. The van der Waals surface area contributed by atoms with Crippen LogP contribution < -0.4 is 0 Å². The molecule has 0 bridgehead atoms. The molecule has 0 aromatic heterocycles. The lowest BCUT2D eigenvalue weighted by molar-refractivity contribution is 0.0775. The Morgan fingerprint density at radius 3 is 2.80 bits per heavy atom. The summed E-state index contributed by atoms with van der Waals surface area (Å²) in [6.07, 6.45) is 0.192. The molecule has 1 fully saturated rings. The Morgan fingerprint density at radius 1 is 1.45 bits per heavy atom. The van der Waals surface area contributed by atoms with Gasteiger partial charge in [-0.25, -0.2) is 4.79 Å². The van der Waals surface area contributed by atoms with Crippen LogP contribution in [-0.2, 0) is 15.9 Å². The van der Waals surface area contributed by atoms with E-state index in [2.05, 4.69) is 0 Å². The molecule has 1 aromatic carbocycles. The van der Waals surface area contributed by atoms with Gasteiger partial charge in [-0.05, 0) is 19.4 Å². The number of hydrogen-bond donors (Lipinski definition) is 0. The second-order valence-corrected chi connectivity index (χ2v) is 5.27. The van der Waals surface area contributed by atoms with Crippen molar-refractivity contribution >= 4 is 23.2 Å². The van der Waals surface area contributed by atoms with Crippen molar-refractivity contribution in [2.75, 3.05) is 13.3 Å². The first-order valence-electron chi connectivity index (χ1n) is 6.75. The quantitative estimate of drug-likeness (QED) is 0.800. The standard InChI is InChI=1S/C15H19NO3S/c1-3-18-15(17)16-10-19-11(2)14(16)13(20)9-12-7-5-4-6-8-12/h4-8,11,14H,3,9-10H2,1-2H3/t11-,14+/m1/s1. The molecular weight excluding hydrogens is 274 g/mol. The minimum absolute atomic E-state index is 0.101. The maximum absolute atomic E-state index is 11.9. The van der Waals surface area contributed by atoms with E-state index >= 15 is 0 Å². The number of nitrogens with zero attached hydrogens (tertiary/aromatic N) is 1. The lowest BCUT2D eigenvalue weighted by atomic mass is 10.0. The normalized spacial score (nSPS) is 21.8. The van der Waals surface area contributed by atoms with Gasteiger partial charge < -0.3 is 9.47 Å². The van der Waals surface area contributed by atoms with Crippen molar-refractivity contribution in [2.45, 2.75) is 32.4 Å². The molecule has 5 heteroatoms. The largest absolute Gasteiger partial charge is 0.450 e. The second-order valence-electron chi connectivity index (χ2n) is 4.74. The van der Waals surface area contributed by atoms with Crippen LogP contribution >= 0.6 is 12.2 Å². The van der Waals surface area contributed by atoms with E-state index in [0.29, 0.717) is 13.0 Å². The van der Waals surface area contributed by atoms with E-state index in [1.165, 1.54) is 0 Å². The zero-order valence-corrected chi connectivity index (χ0v) is 12.6. The molecule has 1 saturated heterocycles. The highest BCUT2D eigenvalue weighted by Gasteiger charge is 2.38. The van der Waals surface area contributed by atoms with Gasteiger partial charge in [0.25, 0.3) is 0 Å². The molecule has 0 unspecified atom stereocenters. The van der Waals surface area contributed by atoms with E-state index in [9.17, 15) is 4.79 Å². The van der Waals surface area contributed by atoms with Crippen LogP contribution in [0.25, 0.3) is 0 Å². The van der Waals surface area contributed by atoms with Gasteiger partial charge in [0, 0.05) is 11.3 Å². The number of benzene rings is 1. The van der Waals surface area contributed by atoms with Gasteiger partial charge in [0.2, 0.25) is 0 Å². The fourth-order valence-electron chi connectivity index (χ4n) is 2.33. The van der Waals surface area contributed by atoms with Gasteiger partial charge in [-0.1, -0.05) is 42.5 Å². The lowest BCUT2D eigenvalue weighted by Gasteiger charge is -2.24. The molecule has 0 N–H and O–H groups in total. The van der Waals surface area contributed by atoms with Crippen LogP contribution in [0.3, 0.4) is 0 Å². The van der Waals surface area contributed by atoms with E-state index in [1.807, 2.05) is 37.3 Å². The third kappa shape index (κ3) is 3.35. The Balaban J connectivity index is 2.07. The summed E-state index contributed by atoms with van der Waals surface area (Å²) in [5.41, 5.74) is 1.14. The Labute approximate surface area is 124 Å². The van der Waals surface area contributed by atoms with Gasteiger partial charge >= 0.3 is 6.09 Å². The highest BCUT2D eigenvalue weighted by molar-refractivity contribution is 7.80. The third-order valence-electron chi connectivity index (χ3n) is 3.31. The topological polar surface area (TPSA) is 38.8 Å². The van der Waals surface area contributed by atoms with Crippen molar-refractivity contribution in [3.05, 3.63) is 35.9 Å². The minimum Gasteiger partial charge on any atom is -0.450 e. The third-order valence-corrected chi connectivity index (χ3v) is 3.70. The van der Waals surface area contributed by atoms with E-state index in [4.69, 9.17) is 21.7 Å². The fourth-order valence-corrected chi connectivity index (χ4v) is 2.82. The summed E-state index contributed by atoms with van der Waals surface area (Å²) in [7, 11) is 0. The maximum atomic E-state index is 11.9. The lowest BCUT2D eigenvalue weighted by Crippen LogP contribution is -2.44. The molecule has 0 saturated carbocycles. The summed E-state index contributed by atoms with van der Waals surface area (Å²) >= 11 is 5.52. The summed E-state index contributed by atoms with van der Waals surface area (Å²) in [6, 6.07) is 9.79. The molecule has 2 rings (SSSR count). The van der Waals surface area contributed by atoms with Crippen LogP contribution in [0.5, 0.6) is 0 Å². The highest BCUT2D eigenvalue weighted by atomic mass is 32.1. The van der Waals surface area contributed by atoms with Gasteiger partial charge in [-0.3, -0.25) is 4.90 Å². The first kappa shape index (κ1) is 14.9. The maximum Gasteiger partial charge on any atom is 0.412 e. The van der Waals surface area contributed by atoms with Gasteiger partial charge in [0.15, 0.2) is 0 Å². The summed E-state index contributed by atoms with van der Waals surface area (Å²) in [4.78, 5) is 14.3. The number of hydrogen-bond acceptors (Lipinski definition) is 4. The van der Waals surface area contributed by atoms with E-state index in [1.54, 1.807) is 11.8 Å². The van der Waals surface area contributed by atoms with Gasteiger partial charge in [0.1, 0.15) is 6.73 Å². The van der Waals surface area contributed by atoms with Crippen molar-refractivity contribution in [1.82, 2.24) is 4.90 Å². The zero-order chi connectivity index (χ0) is 14.5. The molecule has 1 aliphatic heterocycles. The summed E-state index contributed by atoms with van der Waals surface area (Å²) in [6.45, 7) is 4.30. The molecule has 20 heavy (non-hydrogen) atoms. The molecule has 0 aliphatic carbocycles. The summed E-state index contributed by atoms with van der Waals surface area (Å²) < 4.78 is 10.6. The molecule has 0 radical (unpaired) electrons. The SMILES string of the molecule is CCOC(=O)N1CO[C@H](C)[C@H]1C(=S)Cc1ccccc1. The van der Waals surface area contributed by atoms with Gasteiger partial charge in [0.05, 0.1) is 18.8 Å². The molecule has 1 heterocycles. The molecule has 0 spiro atoms. The molecule has 1 amide bonds. The molecule has 4 nitrogen and oxygen atoms in total. The predicted molar refractivity (Wildman–Crippen MR) is 80.8 cm³/mol. The van der Waals surface area contributed by atoms with Crippen LogP contribution in [0.15, 0.2) is 30.3 Å². The number of rotatable bonds is 4. The molecule has 1 aromatic rings. The van der Waals surface area contributed by atoms with Gasteiger partial charge in [-0.15, -0.1) is 0 Å². The van der Waals surface area contributed by atoms with Crippen molar-refractivity contribution < 1.29 is 14.3 Å². The first-order chi connectivity index (χ1) is 9.63. The number of carbonyl (C=O) groups is 1. The van der Waals surface area contributed by atoms with Crippen LogP contribution in [-0.4, -0.2) is 41.3 Å². The Kier molecular flexibility index (Phi) is 5.09. The van der Waals surface area contributed by atoms with Crippen LogP contribution in [0.1, 0.15) is 19.4 Å². The Bertz CT molecular complexity index is 477. The summed E-state index contributed by atoms with van der Waals surface area (Å²) in [5.74, 6) is 0. The monoisotopic (exact) mass is 293 g/mol. The molecule has 2 atom stereocenters. The van der Waals surface area contributed by atoms with Crippen molar-refractivity contribution in [2.24, 2.45) is 0 Å². The van der Waals surface area contributed by atoms with Crippen LogP contribution in [0, 0.1) is 0 Å². The Morgan fingerprint density at radius 2 is 2.15 bits per heavy atom. The number of ether oxygens (including phenoxy) is 2. The number of amides is 1. The summed E-state index contributed by atoms with van der Waals surface area (Å²) in [5, 5.41) is 0. The molecule has 1 aliphatic rings. The number of carbonyl (C=O) groups excluding carboxylic acids is 1. The smallest absolute Gasteiger partial charge is 0.412 e. The zero-order valence-electron chi connectivity index (χ0n) is 11.7. The first-order valence-corrected chi connectivity index (χ1v) is 7.16.